The van der Waals surface area contributed by atoms with E-state index in [9.17, 15) is 33.5 Å². The van der Waals surface area contributed by atoms with Crippen molar-refractivity contribution < 1.29 is 28.3 Å². The van der Waals surface area contributed by atoms with Gasteiger partial charge in [0.2, 0.25) is 5.95 Å². The molecule has 1 atom stereocenters. The minimum Gasteiger partial charge on any atom is -0.507 e. The van der Waals surface area contributed by atoms with Gasteiger partial charge in [-0.1, -0.05) is 30.3 Å². The molecule has 4 aromatic rings. The monoisotopic (exact) mass is 535 g/mol. The maximum absolute atomic E-state index is 12.7. The molecule has 1 heterocycles. The van der Waals surface area contributed by atoms with Gasteiger partial charge in [0.15, 0.2) is 0 Å². The lowest BCUT2D eigenvalue weighted by Gasteiger charge is -2.16. The maximum Gasteiger partial charge on any atom is 0.339 e. The number of nitrogens with one attached hydrogen (secondary N) is 2. The van der Waals surface area contributed by atoms with E-state index in [2.05, 4.69) is 20.0 Å². The first-order chi connectivity index (χ1) is 18.0. The Kier molecular flexibility index (Phi) is 7.21. The summed E-state index contributed by atoms with van der Waals surface area (Å²) in [5, 5.41) is 32.8. The fraction of sp³-hybridized carbons (Fsp3) is 0.0800. The number of carbonyl (C=O) groups is 1. The number of aromatic nitrogens is 2. The Morgan fingerprint density at radius 2 is 1.66 bits per heavy atom. The minimum atomic E-state index is -4.04. The largest absolute Gasteiger partial charge is 0.507 e. The van der Waals surface area contributed by atoms with Crippen LogP contribution in [0.1, 0.15) is 28.9 Å². The molecule has 1 aromatic heterocycles. The van der Waals surface area contributed by atoms with Gasteiger partial charge in [0.05, 0.1) is 15.9 Å². The van der Waals surface area contributed by atoms with Crippen molar-refractivity contribution in [2.45, 2.75) is 17.9 Å². The van der Waals surface area contributed by atoms with Crippen LogP contribution in [0.3, 0.4) is 0 Å². The Morgan fingerprint density at radius 1 is 1.00 bits per heavy atom. The number of aromatic carboxylic acids is 1. The molecule has 4 rings (SSSR count). The van der Waals surface area contributed by atoms with Crippen LogP contribution in [0.4, 0.5) is 17.5 Å². The third-order valence-electron chi connectivity index (χ3n) is 5.57. The van der Waals surface area contributed by atoms with Crippen molar-refractivity contribution in [3.8, 4) is 16.9 Å². The van der Waals surface area contributed by atoms with Crippen LogP contribution in [0, 0.1) is 10.1 Å². The highest BCUT2D eigenvalue weighted by atomic mass is 32.2. The topological polar surface area (TPSA) is 185 Å². The lowest BCUT2D eigenvalue weighted by atomic mass is 9.99. The highest BCUT2D eigenvalue weighted by molar-refractivity contribution is 7.92. The summed E-state index contributed by atoms with van der Waals surface area (Å²) in [5.74, 6) is -1.37. The van der Waals surface area contributed by atoms with Crippen molar-refractivity contribution in [2.75, 3.05) is 10.0 Å². The second-order valence-electron chi connectivity index (χ2n) is 8.15. The van der Waals surface area contributed by atoms with Crippen molar-refractivity contribution in [1.29, 1.82) is 0 Å². The van der Waals surface area contributed by atoms with E-state index >= 15 is 0 Å². The van der Waals surface area contributed by atoms with Crippen LogP contribution in [0.15, 0.2) is 83.9 Å². The van der Waals surface area contributed by atoms with E-state index in [0.717, 1.165) is 35.4 Å². The lowest BCUT2D eigenvalue weighted by Crippen LogP contribution is -2.15. The second-order valence-corrected chi connectivity index (χ2v) is 9.83. The molecule has 194 valence electrons. The van der Waals surface area contributed by atoms with E-state index < -0.39 is 20.9 Å². The van der Waals surface area contributed by atoms with Gasteiger partial charge < -0.3 is 15.5 Å². The van der Waals surface area contributed by atoms with E-state index in [1.54, 1.807) is 18.2 Å². The molecule has 13 heteroatoms. The van der Waals surface area contributed by atoms with E-state index in [-0.39, 0.29) is 39.7 Å². The molecule has 0 aliphatic carbocycles. The normalized spacial score (nSPS) is 11.9. The average molecular weight is 536 g/mol. The first-order valence-corrected chi connectivity index (χ1v) is 12.6. The van der Waals surface area contributed by atoms with Crippen molar-refractivity contribution in [3.05, 3.63) is 100 Å². The molecule has 4 N–H and O–H groups in total. The Labute approximate surface area is 216 Å². The molecule has 0 amide bonds. The predicted molar refractivity (Wildman–Crippen MR) is 138 cm³/mol. The number of carboxylic acid groups (broad SMARTS) is 1. The van der Waals surface area contributed by atoms with Gasteiger partial charge in [-0.2, -0.15) is 4.98 Å². The fourth-order valence-electron chi connectivity index (χ4n) is 3.56. The van der Waals surface area contributed by atoms with Gasteiger partial charge in [-0.15, -0.1) is 0 Å². The number of aromatic hydroxyl groups is 1. The molecule has 0 fully saturated rings. The number of sulfonamides is 1. The smallest absolute Gasteiger partial charge is 0.339 e. The van der Waals surface area contributed by atoms with Gasteiger partial charge in [-0.3, -0.25) is 14.8 Å². The second kappa shape index (κ2) is 10.5. The molecule has 0 bridgehead atoms. The first kappa shape index (κ1) is 26.0. The van der Waals surface area contributed by atoms with Crippen molar-refractivity contribution in [3.63, 3.8) is 0 Å². The molecule has 0 aliphatic rings. The first-order valence-electron chi connectivity index (χ1n) is 11.1. The number of nitro groups is 1. The van der Waals surface area contributed by atoms with Crippen LogP contribution in [0.5, 0.6) is 5.75 Å². The molecule has 0 unspecified atom stereocenters. The Morgan fingerprint density at radius 3 is 2.29 bits per heavy atom. The summed E-state index contributed by atoms with van der Waals surface area (Å²) in [6, 6.07) is 17.2. The van der Waals surface area contributed by atoms with Gasteiger partial charge in [-0.05, 0) is 53.9 Å². The number of hydrogen-bond donors (Lipinski definition) is 4. The average Bonchev–Trinajstić information content (AvgIpc) is 2.89. The number of benzene rings is 3. The molecule has 0 saturated heterocycles. The van der Waals surface area contributed by atoms with E-state index in [0.29, 0.717) is 5.56 Å². The van der Waals surface area contributed by atoms with Crippen LogP contribution < -0.4 is 10.0 Å². The van der Waals surface area contributed by atoms with Crippen molar-refractivity contribution in [2.24, 2.45) is 0 Å². The van der Waals surface area contributed by atoms with Crippen LogP contribution in [0.2, 0.25) is 0 Å². The number of phenols is 1. The Hall–Kier alpha value is -5.04. The number of non-ortho nitro benzene ring substituents is 1. The Balaban J connectivity index is 1.46. The third kappa shape index (κ3) is 5.84. The van der Waals surface area contributed by atoms with E-state index in [1.807, 2.05) is 19.1 Å². The fourth-order valence-corrected chi connectivity index (χ4v) is 4.56. The number of rotatable bonds is 9. The summed E-state index contributed by atoms with van der Waals surface area (Å²) in [6.07, 6.45) is 1.38. The third-order valence-corrected chi connectivity index (χ3v) is 6.94. The van der Waals surface area contributed by atoms with Crippen LogP contribution in [-0.4, -0.2) is 39.5 Å². The van der Waals surface area contributed by atoms with Gasteiger partial charge in [0.1, 0.15) is 17.1 Å². The number of nitrogens with zero attached hydrogens (tertiary/aromatic N) is 3. The van der Waals surface area contributed by atoms with Gasteiger partial charge in [0, 0.05) is 18.3 Å². The number of hydrogen-bond acceptors (Lipinski definition) is 9. The number of anilines is 2. The summed E-state index contributed by atoms with van der Waals surface area (Å²) in [7, 11) is -4.04. The van der Waals surface area contributed by atoms with Gasteiger partial charge in [0.25, 0.3) is 15.7 Å². The van der Waals surface area contributed by atoms with Gasteiger partial charge >= 0.3 is 5.97 Å². The number of nitro benzene ring substituents is 1. The molecular formula is C25H21N5O7S. The highest BCUT2D eigenvalue weighted by Gasteiger charge is 2.18. The lowest BCUT2D eigenvalue weighted by molar-refractivity contribution is -0.384. The zero-order valence-corrected chi connectivity index (χ0v) is 20.6. The quantitative estimate of drug-likeness (QED) is 0.176. The van der Waals surface area contributed by atoms with Gasteiger partial charge in [-0.25, -0.2) is 18.2 Å². The molecule has 38 heavy (non-hydrogen) atoms. The van der Waals surface area contributed by atoms with E-state index in [1.165, 1.54) is 24.4 Å². The van der Waals surface area contributed by atoms with Crippen LogP contribution in [-0.2, 0) is 10.0 Å². The molecule has 0 saturated carbocycles. The SMILES string of the molecule is C[C@H](Nc1nccc(NS(=O)(=O)c2ccc([N+](=O)[O-])cc2)n1)c1ccc(-c2ccc(O)c(C(=O)O)c2)cc1. The minimum absolute atomic E-state index is 0.00460. The molecule has 0 radical (unpaired) electrons. The van der Waals surface area contributed by atoms with Crippen molar-refractivity contribution >= 4 is 33.4 Å². The number of carboxylic acids is 1. The summed E-state index contributed by atoms with van der Waals surface area (Å²) in [5.41, 5.74) is 1.81. The zero-order valence-electron chi connectivity index (χ0n) is 19.8. The molecular weight excluding hydrogens is 514 g/mol. The maximum atomic E-state index is 12.7. The molecule has 0 spiro atoms. The molecule has 3 aromatic carbocycles. The van der Waals surface area contributed by atoms with E-state index in [4.69, 9.17) is 0 Å². The Bertz CT molecular complexity index is 1610. The highest BCUT2D eigenvalue weighted by Crippen LogP contribution is 2.28. The molecule has 0 aliphatic heterocycles. The van der Waals surface area contributed by atoms with Crippen LogP contribution >= 0.6 is 0 Å². The summed E-state index contributed by atoms with van der Waals surface area (Å²) in [6.45, 7) is 1.86. The van der Waals surface area contributed by atoms with Crippen LogP contribution in [0.25, 0.3) is 11.1 Å². The summed E-state index contributed by atoms with van der Waals surface area (Å²) < 4.78 is 27.6. The summed E-state index contributed by atoms with van der Waals surface area (Å²) >= 11 is 0. The zero-order chi connectivity index (χ0) is 27.4. The summed E-state index contributed by atoms with van der Waals surface area (Å²) in [4.78, 5) is 29.6. The molecule has 12 nitrogen and oxygen atoms in total. The van der Waals surface area contributed by atoms with Crippen molar-refractivity contribution in [1.82, 2.24) is 9.97 Å². The standard InChI is InChI=1S/C25H21N5O7S/c1-15(16-2-4-17(5-3-16)18-6-11-22(31)21(14-18)24(32)33)27-25-26-13-12-23(28-25)29-38(36,37)20-9-7-19(8-10-20)30(34)35/h2-15,31H,1H3,(H,32,33)(H2,26,27,28,29)/t15-/m0/s1. The predicted octanol–water partition coefficient (Wildman–Crippen LogP) is 4.43.